The number of hydrogen-bond acceptors (Lipinski definition) is 4. The molecule has 3 aromatic rings. The number of anilines is 1. The van der Waals surface area contributed by atoms with Gasteiger partial charge in [0.1, 0.15) is 12.6 Å². The van der Waals surface area contributed by atoms with Gasteiger partial charge in [0.15, 0.2) is 0 Å². The van der Waals surface area contributed by atoms with E-state index in [0.29, 0.717) is 16.5 Å². The number of rotatable bonds is 12. The van der Waals surface area contributed by atoms with Crippen molar-refractivity contribution >= 4 is 50.7 Å². The second-order valence-electron chi connectivity index (χ2n) is 9.19. The summed E-state index contributed by atoms with van der Waals surface area (Å²) in [5.41, 5.74) is 1.03. The molecule has 0 unspecified atom stereocenters. The molecular formula is C29H33Cl2N3O4S. The lowest BCUT2D eigenvalue weighted by Crippen LogP contribution is -2.53. The van der Waals surface area contributed by atoms with Crippen LogP contribution in [0.3, 0.4) is 0 Å². The Morgan fingerprint density at radius 1 is 0.846 bits per heavy atom. The molecule has 0 aromatic heterocycles. The molecule has 2 atom stereocenters. The number of carbonyl (C=O) groups excluding carboxylic acids is 2. The van der Waals surface area contributed by atoms with E-state index < -0.39 is 28.5 Å². The highest BCUT2D eigenvalue weighted by Gasteiger charge is 2.33. The molecule has 2 amide bonds. The van der Waals surface area contributed by atoms with Gasteiger partial charge in [-0.2, -0.15) is 0 Å². The molecule has 0 heterocycles. The number of nitrogens with one attached hydrogen (secondary N) is 1. The average Bonchev–Trinajstić information content (AvgIpc) is 2.93. The number of benzene rings is 3. The van der Waals surface area contributed by atoms with Crippen molar-refractivity contribution < 1.29 is 18.0 Å². The Bertz CT molecular complexity index is 1350. The van der Waals surface area contributed by atoms with Crippen molar-refractivity contribution in [3.63, 3.8) is 0 Å². The molecule has 0 fully saturated rings. The van der Waals surface area contributed by atoms with Crippen LogP contribution in [0.25, 0.3) is 0 Å². The van der Waals surface area contributed by atoms with Crippen LogP contribution in [-0.4, -0.2) is 43.8 Å². The topological polar surface area (TPSA) is 86.8 Å². The van der Waals surface area contributed by atoms with Gasteiger partial charge in [0.25, 0.3) is 10.0 Å². The lowest BCUT2D eigenvalue weighted by Gasteiger charge is -2.33. The van der Waals surface area contributed by atoms with Gasteiger partial charge in [0.05, 0.1) is 10.6 Å². The number of nitrogens with zero attached hydrogens (tertiary/aromatic N) is 2. The van der Waals surface area contributed by atoms with Crippen LogP contribution in [0.15, 0.2) is 83.8 Å². The normalized spacial score (nSPS) is 12.8. The largest absolute Gasteiger partial charge is 0.352 e. The second kappa shape index (κ2) is 13.8. The molecule has 39 heavy (non-hydrogen) atoms. The van der Waals surface area contributed by atoms with Gasteiger partial charge in [-0.25, -0.2) is 8.42 Å². The maximum absolute atomic E-state index is 14.0. The first-order chi connectivity index (χ1) is 18.6. The van der Waals surface area contributed by atoms with Gasteiger partial charge in [-0.3, -0.25) is 13.9 Å². The molecule has 7 nitrogen and oxygen atoms in total. The zero-order valence-electron chi connectivity index (χ0n) is 22.2. The number of hydrogen-bond donors (Lipinski definition) is 1. The third-order valence-corrected chi connectivity index (χ3v) is 8.67. The first-order valence-electron chi connectivity index (χ1n) is 12.7. The predicted molar refractivity (Wildman–Crippen MR) is 156 cm³/mol. The molecule has 0 aliphatic carbocycles. The lowest BCUT2D eigenvalue weighted by molar-refractivity contribution is -0.140. The van der Waals surface area contributed by atoms with E-state index in [1.807, 2.05) is 20.8 Å². The van der Waals surface area contributed by atoms with Gasteiger partial charge in [-0.1, -0.05) is 67.4 Å². The van der Waals surface area contributed by atoms with E-state index in [0.717, 1.165) is 16.3 Å². The van der Waals surface area contributed by atoms with Crippen LogP contribution >= 0.6 is 23.2 Å². The number of carbonyl (C=O) groups is 2. The Hall–Kier alpha value is -3.07. The van der Waals surface area contributed by atoms with Crippen molar-refractivity contribution in [2.45, 2.75) is 57.1 Å². The zero-order chi connectivity index (χ0) is 28.6. The van der Waals surface area contributed by atoms with Crippen LogP contribution in [0.2, 0.25) is 10.0 Å². The molecule has 0 spiro atoms. The van der Waals surface area contributed by atoms with Crippen molar-refractivity contribution in [1.29, 1.82) is 0 Å². The molecule has 0 aliphatic heterocycles. The standard InChI is InChI=1S/C29H33Cl2N3O4S/c1-4-21(3)32-29(36)27(5-2)33(19-22-11-13-23(30)14-12-22)28(35)20-34(25-17-15-24(31)16-18-25)39(37,38)26-9-7-6-8-10-26/h6-18,21,27H,4-5,19-20H2,1-3H3,(H,32,36)/t21-,27+/m0/s1. The Morgan fingerprint density at radius 2 is 1.41 bits per heavy atom. The molecule has 0 saturated carbocycles. The van der Waals surface area contributed by atoms with Gasteiger partial charge in [-0.15, -0.1) is 0 Å². The first kappa shape index (κ1) is 30.5. The van der Waals surface area contributed by atoms with Crippen molar-refractivity contribution in [2.24, 2.45) is 0 Å². The average molecular weight is 591 g/mol. The molecule has 1 N–H and O–H groups in total. The van der Waals surface area contributed by atoms with Gasteiger partial charge in [-0.05, 0) is 73.9 Å². The van der Waals surface area contributed by atoms with Crippen molar-refractivity contribution in [3.8, 4) is 0 Å². The predicted octanol–water partition coefficient (Wildman–Crippen LogP) is 5.91. The molecule has 0 radical (unpaired) electrons. The molecule has 10 heteroatoms. The van der Waals surface area contributed by atoms with E-state index in [1.54, 1.807) is 66.7 Å². The molecular weight excluding hydrogens is 557 g/mol. The second-order valence-corrected chi connectivity index (χ2v) is 11.9. The number of sulfonamides is 1. The van der Waals surface area contributed by atoms with Crippen LogP contribution in [0.1, 0.15) is 39.2 Å². The van der Waals surface area contributed by atoms with E-state index in [1.165, 1.54) is 17.0 Å². The van der Waals surface area contributed by atoms with E-state index >= 15 is 0 Å². The number of amides is 2. The maximum Gasteiger partial charge on any atom is 0.264 e. The van der Waals surface area contributed by atoms with E-state index in [4.69, 9.17) is 23.2 Å². The van der Waals surface area contributed by atoms with Crippen molar-refractivity contribution in [3.05, 3.63) is 94.5 Å². The molecule has 0 aliphatic rings. The fraction of sp³-hybridized carbons (Fsp3) is 0.310. The summed E-state index contributed by atoms with van der Waals surface area (Å²) in [6, 6.07) is 20.2. The molecule has 3 aromatic carbocycles. The Labute approximate surface area is 240 Å². The summed E-state index contributed by atoms with van der Waals surface area (Å²) >= 11 is 12.1. The minimum atomic E-state index is -4.12. The monoisotopic (exact) mass is 589 g/mol. The van der Waals surface area contributed by atoms with Crippen molar-refractivity contribution in [2.75, 3.05) is 10.8 Å². The highest BCUT2D eigenvalue weighted by Crippen LogP contribution is 2.26. The zero-order valence-corrected chi connectivity index (χ0v) is 24.5. The summed E-state index contributed by atoms with van der Waals surface area (Å²) in [5.74, 6) is -0.816. The lowest BCUT2D eigenvalue weighted by atomic mass is 10.1. The third kappa shape index (κ3) is 7.97. The Balaban J connectivity index is 2.03. The van der Waals surface area contributed by atoms with Gasteiger partial charge >= 0.3 is 0 Å². The Morgan fingerprint density at radius 3 is 1.95 bits per heavy atom. The van der Waals surface area contributed by atoms with Crippen LogP contribution in [-0.2, 0) is 26.2 Å². The Kier molecular flexibility index (Phi) is 10.8. The van der Waals surface area contributed by atoms with Crippen LogP contribution in [0, 0.1) is 0 Å². The van der Waals surface area contributed by atoms with E-state index in [-0.39, 0.29) is 29.1 Å². The fourth-order valence-corrected chi connectivity index (χ4v) is 5.69. The fourth-order valence-electron chi connectivity index (χ4n) is 4.00. The minimum absolute atomic E-state index is 0.0403. The summed E-state index contributed by atoms with van der Waals surface area (Å²) in [4.78, 5) is 28.7. The summed E-state index contributed by atoms with van der Waals surface area (Å²) < 4.78 is 28.6. The van der Waals surface area contributed by atoms with Gasteiger partial charge in [0.2, 0.25) is 11.8 Å². The maximum atomic E-state index is 14.0. The summed E-state index contributed by atoms with van der Waals surface area (Å²) in [7, 11) is -4.12. The van der Waals surface area contributed by atoms with Crippen LogP contribution in [0.4, 0.5) is 5.69 Å². The quantitative estimate of drug-likeness (QED) is 0.284. The number of halogens is 2. The van der Waals surface area contributed by atoms with Crippen molar-refractivity contribution in [1.82, 2.24) is 10.2 Å². The summed E-state index contributed by atoms with van der Waals surface area (Å²) in [6.45, 7) is 5.26. The minimum Gasteiger partial charge on any atom is -0.352 e. The highest BCUT2D eigenvalue weighted by atomic mass is 35.5. The smallest absolute Gasteiger partial charge is 0.264 e. The van der Waals surface area contributed by atoms with Gasteiger partial charge in [0, 0.05) is 22.6 Å². The van der Waals surface area contributed by atoms with Crippen LogP contribution < -0.4 is 9.62 Å². The van der Waals surface area contributed by atoms with E-state index in [2.05, 4.69) is 5.32 Å². The summed E-state index contributed by atoms with van der Waals surface area (Å²) in [6.07, 6.45) is 1.07. The highest BCUT2D eigenvalue weighted by molar-refractivity contribution is 7.92. The SMILES string of the molecule is CC[C@H](C(=O)N[C@@H](C)CC)N(Cc1ccc(Cl)cc1)C(=O)CN(c1ccc(Cl)cc1)S(=O)(=O)c1ccccc1. The molecule has 0 bridgehead atoms. The third-order valence-electron chi connectivity index (χ3n) is 6.38. The van der Waals surface area contributed by atoms with E-state index in [9.17, 15) is 18.0 Å². The molecule has 208 valence electrons. The van der Waals surface area contributed by atoms with Gasteiger partial charge < -0.3 is 10.2 Å². The molecule has 0 saturated heterocycles. The summed E-state index contributed by atoms with van der Waals surface area (Å²) in [5, 5.41) is 3.93. The first-order valence-corrected chi connectivity index (χ1v) is 14.9. The molecule has 3 rings (SSSR count). The van der Waals surface area contributed by atoms with Crippen LogP contribution in [0.5, 0.6) is 0 Å².